The van der Waals surface area contributed by atoms with Crippen LogP contribution in [-0.4, -0.2) is 52.7 Å². The number of alkyl halides is 5. The Kier molecular flexibility index (Phi) is 6.54. The van der Waals surface area contributed by atoms with Crippen molar-refractivity contribution in [2.45, 2.75) is 44.5 Å². The fraction of sp³-hybridized carbons (Fsp3) is 0.458. The van der Waals surface area contributed by atoms with E-state index in [9.17, 15) is 27.1 Å². The minimum absolute atomic E-state index is 0.0163. The van der Waals surface area contributed by atoms with Crippen LogP contribution in [0.4, 0.5) is 33.5 Å². The lowest BCUT2D eigenvalue weighted by Crippen LogP contribution is -2.60. The summed E-state index contributed by atoms with van der Waals surface area (Å²) < 4.78 is 74.9. The van der Waals surface area contributed by atoms with Crippen molar-refractivity contribution in [3.05, 3.63) is 52.8 Å². The summed E-state index contributed by atoms with van der Waals surface area (Å²) in [6.45, 7) is 4.02. The van der Waals surface area contributed by atoms with E-state index in [4.69, 9.17) is 0 Å². The lowest BCUT2D eigenvalue weighted by molar-refractivity contribution is -0.140. The normalized spacial score (nSPS) is 16.7. The van der Waals surface area contributed by atoms with Crippen LogP contribution >= 0.6 is 0 Å². The number of nitrogens with one attached hydrogen (secondary N) is 1. The van der Waals surface area contributed by atoms with Gasteiger partial charge in [0, 0.05) is 31.1 Å². The lowest BCUT2D eigenvalue weighted by atomic mass is 9.95. The van der Waals surface area contributed by atoms with Crippen LogP contribution in [0, 0.1) is 6.92 Å². The van der Waals surface area contributed by atoms with Crippen LogP contribution < -0.4 is 10.2 Å². The molecule has 0 saturated carbocycles. The Labute approximate surface area is 204 Å². The molecule has 1 atom stereocenters. The summed E-state index contributed by atoms with van der Waals surface area (Å²) in [4.78, 5) is 5.30. The molecule has 0 radical (unpaired) electrons. The Morgan fingerprint density at radius 1 is 1.17 bits per heavy atom. The molecule has 1 aliphatic rings. The highest BCUT2D eigenvalue weighted by Crippen LogP contribution is 2.41. The molecular formula is C24H26F5N5O2. The second-order valence-corrected chi connectivity index (χ2v) is 9.37. The second-order valence-electron chi connectivity index (χ2n) is 9.37. The molecule has 4 rings (SSSR count). The SMILES string of the molecule is COCC(F)(F)c1cccc([C@@H](C)Nc2nnc(C)c3nc(C(F)(F)F)c(N4CC(C)(O)C4)cc23)c1. The maximum atomic E-state index is 14.3. The average molecular weight is 511 g/mol. The number of methoxy groups -OCH3 is 1. The molecule has 0 spiro atoms. The van der Waals surface area contributed by atoms with Crippen LogP contribution in [-0.2, 0) is 16.8 Å². The number of pyridine rings is 1. The van der Waals surface area contributed by atoms with Crippen molar-refractivity contribution in [3.63, 3.8) is 0 Å². The van der Waals surface area contributed by atoms with Gasteiger partial charge in [-0.15, -0.1) is 5.10 Å². The highest BCUT2D eigenvalue weighted by Gasteiger charge is 2.43. The van der Waals surface area contributed by atoms with Gasteiger partial charge in [0.15, 0.2) is 11.5 Å². The van der Waals surface area contributed by atoms with Crippen LogP contribution in [0.25, 0.3) is 10.9 Å². The van der Waals surface area contributed by atoms with Crippen molar-refractivity contribution in [1.82, 2.24) is 15.2 Å². The number of β-amino-alcohol motifs (C(OH)–C–C–N with tert-alkyl or cyclic N) is 1. The Hall–Kier alpha value is -3.12. The van der Waals surface area contributed by atoms with Gasteiger partial charge >= 0.3 is 6.18 Å². The number of halogens is 5. The van der Waals surface area contributed by atoms with Crippen LogP contribution in [0.5, 0.6) is 0 Å². The fourth-order valence-electron chi connectivity index (χ4n) is 4.28. The van der Waals surface area contributed by atoms with E-state index in [2.05, 4.69) is 25.2 Å². The lowest BCUT2D eigenvalue weighted by Gasteiger charge is -2.46. The zero-order chi connectivity index (χ0) is 26.5. The van der Waals surface area contributed by atoms with Crippen molar-refractivity contribution in [3.8, 4) is 0 Å². The van der Waals surface area contributed by atoms with Gasteiger partial charge in [0.1, 0.15) is 6.61 Å². The summed E-state index contributed by atoms with van der Waals surface area (Å²) in [5.74, 6) is -3.03. The molecule has 1 aromatic carbocycles. The molecule has 0 aliphatic carbocycles. The van der Waals surface area contributed by atoms with Gasteiger partial charge in [-0.05, 0) is 38.5 Å². The highest BCUT2D eigenvalue weighted by atomic mass is 19.4. The van der Waals surface area contributed by atoms with E-state index < -0.39 is 36.0 Å². The molecule has 1 aliphatic heterocycles. The van der Waals surface area contributed by atoms with E-state index in [1.807, 2.05) is 0 Å². The van der Waals surface area contributed by atoms with Gasteiger partial charge in [0.25, 0.3) is 5.92 Å². The van der Waals surface area contributed by atoms with E-state index in [1.54, 1.807) is 19.9 Å². The summed E-state index contributed by atoms with van der Waals surface area (Å²) in [6.07, 6.45) is -4.73. The molecule has 2 aromatic heterocycles. The largest absolute Gasteiger partial charge is 0.435 e. The van der Waals surface area contributed by atoms with Crippen LogP contribution in [0.3, 0.4) is 0 Å². The number of ether oxygens (including phenoxy) is 1. The van der Waals surface area contributed by atoms with Gasteiger partial charge in [0.2, 0.25) is 0 Å². The maximum Gasteiger partial charge on any atom is 0.435 e. The summed E-state index contributed by atoms with van der Waals surface area (Å²) in [5, 5.41) is 21.5. The summed E-state index contributed by atoms with van der Waals surface area (Å²) in [5.41, 5.74) is -1.84. The maximum absolute atomic E-state index is 14.3. The third-order valence-corrected chi connectivity index (χ3v) is 6.06. The van der Waals surface area contributed by atoms with Gasteiger partial charge in [-0.1, -0.05) is 18.2 Å². The highest BCUT2D eigenvalue weighted by molar-refractivity contribution is 5.93. The Morgan fingerprint density at radius 3 is 2.47 bits per heavy atom. The molecule has 0 amide bonds. The van der Waals surface area contributed by atoms with E-state index in [0.29, 0.717) is 10.9 Å². The second kappa shape index (κ2) is 9.07. The quantitative estimate of drug-likeness (QED) is 0.440. The Morgan fingerprint density at radius 2 is 1.86 bits per heavy atom. The van der Waals surface area contributed by atoms with Crippen molar-refractivity contribution in [2.24, 2.45) is 0 Å². The third-order valence-electron chi connectivity index (χ3n) is 6.06. The van der Waals surface area contributed by atoms with Crippen molar-refractivity contribution >= 4 is 22.4 Å². The first kappa shape index (κ1) is 26.0. The fourth-order valence-corrected chi connectivity index (χ4v) is 4.28. The molecule has 36 heavy (non-hydrogen) atoms. The Balaban J connectivity index is 1.74. The number of fused-ring (bicyclic) bond motifs is 1. The number of anilines is 2. The zero-order valence-corrected chi connectivity index (χ0v) is 20.1. The van der Waals surface area contributed by atoms with E-state index in [1.165, 1.54) is 43.2 Å². The number of aromatic nitrogens is 3. The molecule has 0 unspecified atom stereocenters. The predicted molar refractivity (Wildman–Crippen MR) is 124 cm³/mol. The van der Waals surface area contributed by atoms with Crippen LogP contribution in [0.2, 0.25) is 0 Å². The number of benzene rings is 1. The van der Waals surface area contributed by atoms with Crippen molar-refractivity contribution in [2.75, 3.05) is 37.0 Å². The predicted octanol–water partition coefficient (Wildman–Crippen LogP) is 4.83. The number of nitrogens with zero attached hydrogens (tertiary/aromatic N) is 4. The molecule has 1 fully saturated rings. The van der Waals surface area contributed by atoms with Crippen molar-refractivity contribution < 1.29 is 31.8 Å². The molecule has 2 N–H and O–H groups in total. The van der Waals surface area contributed by atoms with E-state index >= 15 is 0 Å². The number of aliphatic hydroxyl groups is 1. The monoisotopic (exact) mass is 511 g/mol. The smallest absolute Gasteiger partial charge is 0.386 e. The summed E-state index contributed by atoms with van der Waals surface area (Å²) in [7, 11) is 1.19. The van der Waals surface area contributed by atoms with Gasteiger partial charge in [0.05, 0.1) is 28.5 Å². The molecule has 0 bridgehead atoms. The van der Waals surface area contributed by atoms with E-state index in [-0.39, 0.29) is 41.4 Å². The van der Waals surface area contributed by atoms with Crippen LogP contribution in [0.1, 0.15) is 42.4 Å². The molecule has 12 heteroatoms. The molecule has 3 heterocycles. The van der Waals surface area contributed by atoms with E-state index in [0.717, 1.165) is 0 Å². The number of hydrogen-bond acceptors (Lipinski definition) is 7. The van der Waals surface area contributed by atoms with Gasteiger partial charge in [-0.25, -0.2) is 4.98 Å². The number of rotatable bonds is 7. The van der Waals surface area contributed by atoms with Crippen LogP contribution in [0.15, 0.2) is 30.3 Å². The first-order valence-electron chi connectivity index (χ1n) is 11.2. The van der Waals surface area contributed by atoms with Gasteiger partial charge in [-0.3, -0.25) is 0 Å². The number of hydrogen-bond donors (Lipinski definition) is 2. The van der Waals surface area contributed by atoms with Gasteiger partial charge < -0.3 is 20.1 Å². The van der Waals surface area contributed by atoms with Crippen molar-refractivity contribution in [1.29, 1.82) is 0 Å². The molecule has 7 nitrogen and oxygen atoms in total. The number of aryl methyl sites for hydroxylation is 1. The molecular weight excluding hydrogens is 485 g/mol. The molecule has 3 aromatic rings. The minimum atomic E-state index is -4.73. The average Bonchev–Trinajstić information content (AvgIpc) is 2.78. The van der Waals surface area contributed by atoms with Gasteiger partial charge in [-0.2, -0.15) is 27.1 Å². The molecule has 1 saturated heterocycles. The topological polar surface area (TPSA) is 83.4 Å². The molecule has 194 valence electrons. The third kappa shape index (κ3) is 5.05. The Bertz CT molecular complexity index is 1270. The summed E-state index contributed by atoms with van der Waals surface area (Å²) >= 11 is 0. The zero-order valence-electron chi connectivity index (χ0n) is 20.1. The minimum Gasteiger partial charge on any atom is -0.386 e. The summed E-state index contributed by atoms with van der Waals surface area (Å²) in [6, 6.07) is 6.58. The first-order valence-corrected chi connectivity index (χ1v) is 11.2. The standard InChI is InChI=1S/C24H26F5N5O2/c1-13(15-6-5-7-16(8-15)23(25,26)12-36-4)30-21-17-9-18(34-10-22(3,35)11-34)20(24(27,28)29)31-19(17)14(2)32-33-21/h5-9,13,35H,10-12H2,1-4H3,(H,30,33)/t13-/m1/s1. The first-order chi connectivity index (χ1) is 16.7.